The SMILES string of the molecule is O=C(c1ccc(F)cc1)N1CC=C(c2ccccn2)CC1. The van der Waals surface area contributed by atoms with Crippen LogP contribution in [0.3, 0.4) is 0 Å². The second-order valence-corrected chi connectivity index (χ2v) is 4.95. The molecule has 0 atom stereocenters. The number of carbonyl (C=O) groups excluding carboxylic acids is 1. The van der Waals surface area contributed by atoms with Crippen molar-refractivity contribution in [3.63, 3.8) is 0 Å². The van der Waals surface area contributed by atoms with Crippen LogP contribution >= 0.6 is 0 Å². The van der Waals surface area contributed by atoms with Crippen molar-refractivity contribution in [2.75, 3.05) is 13.1 Å². The van der Waals surface area contributed by atoms with Gasteiger partial charge in [0.2, 0.25) is 0 Å². The molecule has 0 unspecified atom stereocenters. The number of benzene rings is 1. The van der Waals surface area contributed by atoms with Gasteiger partial charge in [-0.1, -0.05) is 12.1 Å². The smallest absolute Gasteiger partial charge is 0.254 e. The van der Waals surface area contributed by atoms with Gasteiger partial charge in [-0.25, -0.2) is 4.39 Å². The van der Waals surface area contributed by atoms with Crippen LogP contribution in [-0.2, 0) is 0 Å². The molecule has 0 saturated heterocycles. The van der Waals surface area contributed by atoms with Gasteiger partial charge in [0.05, 0.1) is 5.69 Å². The lowest BCUT2D eigenvalue weighted by Gasteiger charge is -2.26. The minimum atomic E-state index is -0.331. The highest BCUT2D eigenvalue weighted by atomic mass is 19.1. The van der Waals surface area contributed by atoms with Crippen molar-refractivity contribution in [3.8, 4) is 0 Å². The van der Waals surface area contributed by atoms with Crippen LogP contribution in [0.5, 0.6) is 0 Å². The summed E-state index contributed by atoms with van der Waals surface area (Å²) in [6.07, 6.45) is 4.59. The Labute approximate surface area is 122 Å². The van der Waals surface area contributed by atoms with Gasteiger partial charge in [-0.3, -0.25) is 9.78 Å². The fourth-order valence-electron chi connectivity index (χ4n) is 2.41. The molecule has 0 aliphatic carbocycles. The largest absolute Gasteiger partial charge is 0.335 e. The monoisotopic (exact) mass is 282 g/mol. The zero-order valence-electron chi connectivity index (χ0n) is 11.5. The third-order valence-corrected chi connectivity index (χ3v) is 3.58. The van der Waals surface area contributed by atoms with Crippen LogP contribution in [0.15, 0.2) is 54.7 Å². The van der Waals surface area contributed by atoms with Crippen LogP contribution in [0.2, 0.25) is 0 Å². The molecule has 21 heavy (non-hydrogen) atoms. The summed E-state index contributed by atoms with van der Waals surface area (Å²) in [5, 5.41) is 0. The molecule has 0 bridgehead atoms. The molecule has 1 aliphatic rings. The van der Waals surface area contributed by atoms with Gasteiger partial charge in [-0.2, -0.15) is 0 Å². The lowest BCUT2D eigenvalue weighted by Crippen LogP contribution is -2.34. The Balaban J connectivity index is 1.72. The van der Waals surface area contributed by atoms with Gasteiger partial charge in [0, 0.05) is 24.8 Å². The van der Waals surface area contributed by atoms with E-state index >= 15 is 0 Å². The number of amides is 1. The van der Waals surface area contributed by atoms with E-state index in [4.69, 9.17) is 0 Å². The van der Waals surface area contributed by atoms with Crippen molar-refractivity contribution in [1.29, 1.82) is 0 Å². The number of pyridine rings is 1. The third kappa shape index (κ3) is 2.99. The quantitative estimate of drug-likeness (QED) is 0.847. The number of nitrogens with zero attached hydrogens (tertiary/aromatic N) is 2. The highest BCUT2D eigenvalue weighted by Gasteiger charge is 2.19. The van der Waals surface area contributed by atoms with Crippen LogP contribution in [0, 0.1) is 5.82 Å². The number of hydrogen-bond donors (Lipinski definition) is 0. The molecule has 0 spiro atoms. The van der Waals surface area contributed by atoms with Crippen molar-refractivity contribution in [1.82, 2.24) is 9.88 Å². The maximum atomic E-state index is 12.9. The first-order valence-corrected chi connectivity index (χ1v) is 6.89. The summed E-state index contributed by atoms with van der Waals surface area (Å²) in [5.41, 5.74) is 2.65. The molecule has 2 aromatic rings. The minimum absolute atomic E-state index is 0.0636. The van der Waals surface area contributed by atoms with E-state index in [0.717, 1.165) is 12.1 Å². The van der Waals surface area contributed by atoms with Crippen molar-refractivity contribution in [2.45, 2.75) is 6.42 Å². The topological polar surface area (TPSA) is 33.2 Å². The fraction of sp³-hybridized carbons (Fsp3) is 0.176. The van der Waals surface area contributed by atoms with Crippen LogP contribution in [-0.4, -0.2) is 28.9 Å². The molecule has 1 aromatic heterocycles. The molecule has 2 heterocycles. The number of hydrogen-bond acceptors (Lipinski definition) is 2. The highest BCUT2D eigenvalue weighted by molar-refractivity contribution is 5.94. The normalized spacial score (nSPS) is 14.7. The molecule has 0 radical (unpaired) electrons. The lowest BCUT2D eigenvalue weighted by atomic mass is 10.0. The van der Waals surface area contributed by atoms with Gasteiger partial charge in [-0.05, 0) is 48.4 Å². The number of rotatable bonds is 2. The van der Waals surface area contributed by atoms with Gasteiger partial charge >= 0.3 is 0 Å². The zero-order valence-corrected chi connectivity index (χ0v) is 11.5. The van der Waals surface area contributed by atoms with Crippen LogP contribution in [0.1, 0.15) is 22.5 Å². The van der Waals surface area contributed by atoms with Gasteiger partial charge < -0.3 is 4.90 Å². The Bertz CT molecular complexity index is 665. The highest BCUT2D eigenvalue weighted by Crippen LogP contribution is 2.21. The number of halogens is 1. The minimum Gasteiger partial charge on any atom is -0.335 e. The second-order valence-electron chi connectivity index (χ2n) is 4.95. The lowest BCUT2D eigenvalue weighted by molar-refractivity contribution is 0.0773. The molecule has 1 amide bonds. The van der Waals surface area contributed by atoms with Gasteiger partial charge in [0.25, 0.3) is 5.91 Å². The van der Waals surface area contributed by atoms with Gasteiger partial charge in [0.15, 0.2) is 0 Å². The van der Waals surface area contributed by atoms with E-state index in [1.54, 1.807) is 11.1 Å². The van der Waals surface area contributed by atoms with Crippen molar-refractivity contribution >= 4 is 11.5 Å². The Morgan fingerprint density at radius 3 is 2.57 bits per heavy atom. The number of carbonyl (C=O) groups is 1. The standard InChI is InChI=1S/C17H15FN2O/c18-15-6-4-14(5-7-15)17(21)20-11-8-13(9-12-20)16-3-1-2-10-19-16/h1-8,10H,9,11-12H2. The average Bonchev–Trinajstić information content (AvgIpc) is 2.56. The molecule has 0 saturated carbocycles. The molecule has 3 nitrogen and oxygen atoms in total. The summed E-state index contributed by atoms with van der Waals surface area (Å²) in [6, 6.07) is 11.5. The van der Waals surface area contributed by atoms with E-state index in [-0.39, 0.29) is 11.7 Å². The van der Waals surface area contributed by atoms with Crippen LogP contribution in [0.25, 0.3) is 5.57 Å². The van der Waals surface area contributed by atoms with E-state index in [9.17, 15) is 9.18 Å². The van der Waals surface area contributed by atoms with Crippen molar-refractivity contribution in [3.05, 3.63) is 71.8 Å². The Morgan fingerprint density at radius 1 is 1.14 bits per heavy atom. The van der Waals surface area contributed by atoms with E-state index < -0.39 is 0 Å². The first-order chi connectivity index (χ1) is 10.2. The predicted octanol–water partition coefficient (Wildman–Crippen LogP) is 3.15. The molecular weight excluding hydrogens is 267 g/mol. The van der Waals surface area contributed by atoms with Gasteiger partial charge in [0.1, 0.15) is 5.82 Å². The fourth-order valence-corrected chi connectivity index (χ4v) is 2.41. The third-order valence-electron chi connectivity index (χ3n) is 3.58. The second kappa shape index (κ2) is 5.87. The summed E-state index contributed by atoms with van der Waals surface area (Å²) in [5.74, 6) is -0.395. The number of aromatic nitrogens is 1. The summed E-state index contributed by atoms with van der Waals surface area (Å²) in [6.45, 7) is 1.21. The maximum absolute atomic E-state index is 12.9. The molecule has 1 aliphatic heterocycles. The van der Waals surface area contributed by atoms with Crippen molar-refractivity contribution in [2.24, 2.45) is 0 Å². The molecule has 4 heteroatoms. The average molecular weight is 282 g/mol. The first kappa shape index (κ1) is 13.5. The maximum Gasteiger partial charge on any atom is 0.254 e. The Hall–Kier alpha value is -2.49. The van der Waals surface area contributed by atoms with E-state index in [2.05, 4.69) is 4.98 Å². The summed E-state index contributed by atoms with van der Waals surface area (Å²) in [4.78, 5) is 18.4. The molecule has 3 rings (SSSR count). The molecule has 1 aromatic carbocycles. The van der Waals surface area contributed by atoms with Crippen LogP contribution < -0.4 is 0 Å². The predicted molar refractivity (Wildman–Crippen MR) is 79.1 cm³/mol. The Kier molecular flexibility index (Phi) is 3.77. The molecule has 0 fully saturated rings. The first-order valence-electron chi connectivity index (χ1n) is 6.89. The molecular formula is C17H15FN2O. The Morgan fingerprint density at radius 2 is 1.95 bits per heavy atom. The van der Waals surface area contributed by atoms with E-state index in [1.165, 1.54) is 29.8 Å². The molecule has 106 valence electrons. The van der Waals surface area contributed by atoms with Crippen molar-refractivity contribution < 1.29 is 9.18 Å². The van der Waals surface area contributed by atoms with Crippen LogP contribution in [0.4, 0.5) is 4.39 Å². The van der Waals surface area contributed by atoms with E-state index in [1.807, 2.05) is 24.3 Å². The summed E-state index contributed by atoms with van der Waals surface area (Å²) in [7, 11) is 0. The summed E-state index contributed by atoms with van der Waals surface area (Å²) < 4.78 is 12.9. The molecule has 0 N–H and O–H groups in total. The van der Waals surface area contributed by atoms with Gasteiger partial charge in [-0.15, -0.1) is 0 Å². The van der Waals surface area contributed by atoms with E-state index in [0.29, 0.717) is 18.7 Å². The zero-order chi connectivity index (χ0) is 14.7. The summed E-state index contributed by atoms with van der Waals surface area (Å²) >= 11 is 0.